The molecule has 0 unspecified atom stereocenters. The monoisotopic (exact) mass is 251 g/mol. The molecule has 96 valence electrons. The minimum atomic E-state index is -0.589. The third-order valence-electron chi connectivity index (χ3n) is 2.42. The molecule has 0 N–H and O–H groups in total. The highest BCUT2D eigenvalue weighted by atomic mass is 16.5. The molecule has 8 nitrogen and oxygen atoms in total. The maximum Gasteiger partial charge on any atom is 0.360 e. The summed E-state index contributed by atoms with van der Waals surface area (Å²) in [6, 6.07) is 0. The van der Waals surface area contributed by atoms with Crippen LogP contribution in [0.4, 0.5) is 0 Å². The molecule has 0 aliphatic carbocycles. The normalized spacial score (nSPS) is 10.8. The number of rotatable bonds is 4. The fraction of sp³-hybridized carbons (Fsp3) is 0.500. The summed E-state index contributed by atoms with van der Waals surface area (Å²) in [5.41, 5.74) is -0.295. The van der Waals surface area contributed by atoms with Crippen LogP contribution in [0.1, 0.15) is 30.3 Å². The van der Waals surface area contributed by atoms with Gasteiger partial charge in [-0.15, -0.1) is 5.10 Å². The van der Waals surface area contributed by atoms with Crippen molar-refractivity contribution >= 4 is 11.6 Å². The Morgan fingerprint density at radius 1 is 1.50 bits per heavy atom. The van der Waals surface area contributed by atoms with Crippen molar-refractivity contribution in [1.82, 2.24) is 24.4 Å². The summed E-state index contributed by atoms with van der Waals surface area (Å²) in [4.78, 5) is 27.2. The number of ether oxygens (including phenoxy) is 1. The minimum Gasteiger partial charge on any atom is -0.461 e. The van der Waals surface area contributed by atoms with E-state index in [2.05, 4.69) is 15.3 Å². The lowest BCUT2D eigenvalue weighted by Gasteiger charge is -2.01. The molecule has 0 aromatic carbocycles. The molecule has 0 bridgehead atoms. The summed E-state index contributed by atoms with van der Waals surface area (Å²) in [6.45, 7) is 2.32. The lowest BCUT2D eigenvalue weighted by Crippen LogP contribution is -2.27. The van der Waals surface area contributed by atoms with Crippen molar-refractivity contribution in [3.63, 3.8) is 0 Å². The van der Waals surface area contributed by atoms with Gasteiger partial charge in [-0.1, -0.05) is 18.6 Å². The summed E-state index contributed by atoms with van der Waals surface area (Å²) in [5.74, 6) is -0.589. The fourth-order valence-electron chi connectivity index (χ4n) is 1.40. The van der Waals surface area contributed by atoms with Crippen LogP contribution < -0.4 is 5.69 Å². The zero-order valence-electron chi connectivity index (χ0n) is 10.2. The molecular weight excluding hydrogens is 238 g/mol. The molecule has 0 saturated heterocycles. The van der Waals surface area contributed by atoms with Gasteiger partial charge < -0.3 is 4.74 Å². The molecule has 0 spiro atoms. The topological polar surface area (TPSA) is 91.4 Å². The first-order valence-corrected chi connectivity index (χ1v) is 5.59. The smallest absolute Gasteiger partial charge is 0.360 e. The lowest BCUT2D eigenvalue weighted by atomic mass is 10.4. The van der Waals surface area contributed by atoms with Crippen molar-refractivity contribution in [2.45, 2.75) is 19.8 Å². The van der Waals surface area contributed by atoms with Gasteiger partial charge in [0.2, 0.25) is 0 Å². The third kappa shape index (κ3) is 2.08. The van der Waals surface area contributed by atoms with Crippen molar-refractivity contribution in [2.24, 2.45) is 7.05 Å². The van der Waals surface area contributed by atoms with E-state index in [4.69, 9.17) is 4.74 Å². The van der Waals surface area contributed by atoms with Crippen LogP contribution in [0.2, 0.25) is 0 Å². The number of carbonyl (C=O) groups excluding carboxylic acids is 1. The fourth-order valence-corrected chi connectivity index (χ4v) is 1.40. The largest absolute Gasteiger partial charge is 0.461 e. The minimum absolute atomic E-state index is 0.0105. The maximum atomic E-state index is 11.7. The number of fused-ring (bicyclic) bond motifs is 1. The Hall–Kier alpha value is -2.25. The van der Waals surface area contributed by atoms with Crippen LogP contribution in [0.3, 0.4) is 0 Å². The molecule has 2 aromatic heterocycles. The van der Waals surface area contributed by atoms with Gasteiger partial charge in [-0.25, -0.2) is 19.0 Å². The van der Waals surface area contributed by atoms with Gasteiger partial charge in [-0.2, -0.15) is 4.68 Å². The van der Waals surface area contributed by atoms with Crippen molar-refractivity contribution < 1.29 is 9.53 Å². The number of hydrogen-bond donors (Lipinski definition) is 0. The Morgan fingerprint density at radius 3 is 3.00 bits per heavy atom. The van der Waals surface area contributed by atoms with E-state index in [0.717, 1.165) is 21.9 Å². The Morgan fingerprint density at radius 2 is 2.28 bits per heavy atom. The molecule has 0 saturated carbocycles. The first-order valence-electron chi connectivity index (χ1n) is 5.59. The molecular formula is C10H13N5O3. The molecule has 2 aromatic rings. The van der Waals surface area contributed by atoms with E-state index in [-0.39, 0.29) is 11.3 Å². The average Bonchev–Trinajstić information content (AvgIpc) is 2.78. The number of unbranched alkanes of at least 4 members (excludes halogenated alkanes) is 1. The first kappa shape index (κ1) is 12.2. The summed E-state index contributed by atoms with van der Waals surface area (Å²) >= 11 is 0. The predicted octanol–water partition coefficient (Wildman–Crippen LogP) is -0.220. The van der Waals surface area contributed by atoms with Crippen LogP contribution in [-0.4, -0.2) is 37.0 Å². The van der Waals surface area contributed by atoms with Crippen LogP contribution in [-0.2, 0) is 11.8 Å². The molecule has 8 heteroatoms. The van der Waals surface area contributed by atoms with Crippen LogP contribution in [0.15, 0.2) is 11.1 Å². The molecule has 0 radical (unpaired) electrons. The zero-order valence-corrected chi connectivity index (χ0v) is 10.2. The average molecular weight is 251 g/mol. The summed E-state index contributed by atoms with van der Waals surface area (Å²) < 4.78 is 7.23. The van der Waals surface area contributed by atoms with E-state index >= 15 is 0 Å². The van der Waals surface area contributed by atoms with Crippen LogP contribution in [0, 0.1) is 0 Å². The number of nitrogens with zero attached hydrogens (tertiary/aromatic N) is 5. The van der Waals surface area contributed by atoms with Crippen LogP contribution >= 0.6 is 0 Å². The number of aromatic nitrogens is 5. The first-order chi connectivity index (χ1) is 8.65. The predicted molar refractivity (Wildman–Crippen MR) is 61.2 cm³/mol. The number of imidazole rings is 1. The van der Waals surface area contributed by atoms with Gasteiger partial charge in [0.25, 0.3) is 0 Å². The van der Waals surface area contributed by atoms with Gasteiger partial charge in [0, 0.05) is 7.05 Å². The van der Waals surface area contributed by atoms with E-state index < -0.39 is 11.7 Å². The molecule has 18 heavy (non-hydrogen) atoms. The second-order valence-corrected chi connectivity index (χ2v) is 3.77. The molecule has 0 aliphatic rings. The molecule has 0 amide bonds. The summed E-state index contributed by atoms with van der Waals surface area (Å²) in [5, 5.41) is 7.37. The molecule has 2 heterocycles. The van der Waals surface area contributed by atoms with Gasteiger partial charge in [0.15, 0.2) is 11.3 Å². The quantitative estimate of drug-likeness (QED) is 0.551. The number of esters is 1. The summed E-state index contributed by atoms with van der Waals surface area (Å²) in [7, 11) is 1.47. The Balaban J connectivity index is 2.32. The Bertz CT molecular complexity index is 630. The molecule has 0 atom stereocenters. The van der Waals surface area contributed by atoms with Crippen LogP contribution in [0.5, 0.6) is 0 Å². The highest BCUT2D eigenvalue weighted by molar-refractivity contribution is 5.93. The molecule has 0 aliphatic heterocycles. The van der Waals surface area contributed by atoms with Crippen LogP contribution in [0.25, 0.3) is 5.65 Å². The van der Waals surface area contributed by atoms with E-state index in [9.17, 15) is 9.59 Å². The van der Waals surface area contributed by atoms with Gasteiger partial charge in [-0.05, 0) is 6.42 Å². The number of aryl methyl sites for hydroxylation is 1. The van der Waals surface area contributed by atoms with Crippen molar-refractivity contribution in [1.29, 1.82) is 0 Å². The van der Waals surface area contributed by atoms with Gasteiger partial charge in [0.1, 0.15) is 6.33 Å². The van der Waals surface area contributed by atoms with E-state index in [1.165, 1.54) is 13.4 Å². The maximum absolute atomic E-state index is 11.7. The lowest BCUT2D eigenvalue weighted by molar-refractivity contribution is 0.0495. The van der Waals surface area contributed by atoms with E-state index in [0.29, 0.717) is 6.61 Å². The van der Waals surface area contributed by atoms with Crippen molar-refractivity contribution in [3.05, 3.63) is 22.5 Å². The SMILES string of the molecule is CCCCOC(=O)c1ncn2c(=O)n(C)nnc12. The second kappa shape index (κ2) is 4.94. The molecule has 0 fully saturated rings. The van der Waals surface area contributed by atoms with Gasteiger partial charge in [0.05, 0.1) is 6.61 Å². The number of carbonyl (C=O) groups is 1. The Labute approximate surface area is 102 Å². The van der Waals surface area contributed by atoms with Gasteiger partial charge >= 0.3 is 11.7 Å². The van der Waals surface area contributed by atoms with Crippen molar-refractivity contribution in [3.8, 4) is 0 Å². The number of hydrogen-bond acceptors (Lipinski definition) is 6. The molecule has 2 rings (SSSR count). The van der Waals surface area contributed by atoms with Gasteiger partial charge in [-0.3, -0.25) is 0 Å². The second-order valence-electron chi connectivity index (χ2n) is 3.77. The zero-order chi connectivity index (χ0) is 13.1. The summed E-state index contributed by atoms with van der Waals surface area (Å²) in [6.07, 6.45) is 2.95. The third-order valence-corrected chi connectivity index (χ3v) is 2.42. The Kier molecular flexibility index (Phi) is 3.35. The highest BCUT2D eigenvalue weighted by Crippen LogP contribution is 2.05. The van der Waals surface area contributed by atoms with E-state index in [1.807, 2.05) is 6.92 Å². The standard InChI is InChI=1S/C10H13N5O3/c1-3-4-5-18-9(16)7-8-12-13-14(2)10(17)15(8)6-11-7/h6H,3-5H2,1-2H3. The van der Waals surface area contributed by atoms with Crippen molar-refractivity contribution in [2.75, 3.05) is 6.61 Å². The van der Waals surface area contributed by atoms with E-state index in [1.54, 1.807) is 0 Å². The highest BCUT2D eigenvalue weighted by Gasteiger charge is 2.18.